The Morgan fingerprint density at radius 1 is 1.47 bits per heavy atom. The van der Waals surface area contributed by atoms with Crippen LogP contribution in [-0.2, 0) is 22.3 Å². The number of hydrogen-bond donors (Lipinski definition) is 0. The standard InChI is InChI=1S/C10H10F3NO3/c1-7(15)17-6-5-14-4-2-3-8(9(14)16)10(11,12)13/h2-4H,5-6H2,1H3. The lowest BCUT2D eigenvalue weighted by Crippen LogP contribution is -2.29. The highest BCUT2D eigenvalue weighted by Crippen LogP contribution is 2.25. The molecule has 1 heterocycles. The SMILES string of the molecule is CC(=O)OCCn1cccc(C(F)(F)F)c1=O. The molecule has 0 atom stereocenters. The van der Waals surface area contributed by atoms with E-state index in [1.807, 2.05) is 0 Å². The molecule has 0 N–H and O–H groups in total. The number of hydrogen-bond acceptors (Lipinski definition) is 3. The lowest BCUT2D eigenvalue weighted by atomic mass is 10.2. The van der Waals surface area contributed by atoms with E-state index in [2.05, 4.69) is 4.74 Å². The van der Waals surface area contributed by atoms with Crippen molar-refractivity contribution in [2.45, 2.75) is 19.6 Å². The van der Waals surface area contributed by atoms with Crippen LogP contribution in [0.15, 0.2) is 23.1 Å². The van der Waals surface area contributed by atoms with Crippen molar-refractivity contribution < 1.29 is 22.7 Å². The van der Waals surface area contributed by atoms with Gasteiger partial charge in [-0.2, -0.15) is 13.2 Å². The fourth-order valence-corrected chi connectivity index (χ4v) is 1.22. The molecule has 1 aromatic heterocycles. The van der Waals surface area contributed by atoms with Gasteiger partial charge in [-0.05, 0) is 12.1 Å². The van der Waals surface area contributed by atoms with E-state index in [1.54, 1.807) is 0 Å². The maximum atomic E-state index is 12.4. The number of carbonyl (C=O) groups excluding carboxylic acids is 1. The summed E-state index contributed by atoms with van der Waals surface area (Å²) in [6.45, 7) is 0.924. The minimum absolute atomic E-state index is 0.109. The molecule has 0 spiro atoms. The van der Waals surface area contributed by atoms with E-state index in [0.717, 1.165) is 10.6 Å². The number of carbonyl (C=O) groups is 1. The van der Waals surface area contributed by atoms with Crippen LogP contribution in [0.25, 0.3) is 0 Å². The van der Waals surface area contributed by atoms with Gasteiger partial charge < -0.3 is 9.30 Å². The second-order valence-electron chi connectivity index (χ2n) is 3.26. The van der Waals surface area contributed by atoms with Crippen molar-refractivity contribution in [3.05, 3.63) is 34.2 Å². The Hall–Kier alpha value is -1.79. The topological polar surface area (TPSA) is 48.3 Å². The van der Waals surface area contributed by atoms with Gasteiger partial charge in [-0.1, -0.05) is 0 Å². The summed E-state index contributed by atoms with van der Waals surface area (Å²) in [5.41, 5.74) is -2.38. The molecule has 0 unspecified atom stereocenters. The monoisotopic (exact) mass is 249 g/mol. The molecule has 0 bridgehead atoms. The normalized spacial score (nSPS) is 11.3. The van der Waals surface area contributed by atoms with Gasteiger partial charge in [0.25, 0.3) is 5.56 Å². The molecule has 94 valence electrons. The van der Waals surface area contributed by atoms with Crippen LogP contribution in [0.2, 0.25) is 0 Å². The molecule has 0 aliphatic carbocycles. The third-order valence-electron chi connectivity index (χ3n) is 1.96. The molecule has 0 amide bonds. The molecule has 0 saturated heterocycles. The van der Waals surface area contributed by atoms with Gasteiger partial charge in [0.1, 0.15) is 12.2 Å². The van der Waals surface area contributed by atoms with Gasteiger partial charge in [0.05, 0.1) is 6.54 Å². The fraction of sp³-hybridized carbons (Fsp3) is 0.400. The zero-order valence-electron chi connectivity index (χ0n) is 8.95. The Balaban J connectivity index is 2.88. The van der Waals surface area contributed by atoms with Crippen LogP contribution in [0, 0.1) is 0 Å². The Bertz CT molecular complexity index is 465. The fourth-order valence-electron chi connectivity index (χ4n) is 1.22. The van der Waals surface area contributed by atoms with Crippen molar-refractivity contribution in [3.63, 3.8) is 0 Å². The molecule has 0 aliphatic rings. The molecule has 17 heavy (non-hydrogen) atoms. The third kappa shape index (κ3) is 3.61. The number of alkyl halides is 3. The highest BCUT2D eigenvalue weighted by molar-refractivity contribution is 5.65. The predicted octanol–water partition coefficient (Wildman–Crippen LogP) is 1.43. The van der Waals surface area contributed by atoms with Crippen LogP contribution in [0.5, 0.6) is 0 Å². The van der Waals surface area contributed by atoms with Crippen molar-refractivity contribution in [3.8, 4) is 0 Å². The number of aromatic nitrogens is 1. The van der Waals surface area contributed by atoms with E-state index >= 15 is 0 Å². The van der Waals surface area contributed by atoms with Crippen LogP contribution in [0.3, 0.4) is 0 Å². The highest BCUT2D eigenvalue weighted by Gasteiger charge is 2.34. The molecule has 7 heteroatoms. The molecule has 4 nitrogen and oxygen atoms in total. The molecule has 1 aromatic rings. The van der Waals surface area contributed by atoms with Crippen molar-refractivity contribution in [2.24, 2.45) is 0 Å². The summed E-state index contributed by atoms with van der Waals surface area (Å²) in [7, 11) is 0. The number of nitrogens with zero attached hydrogens (tertiary/aromatic N) is 1. The first-order chi connectivity index (χ1) is 7.82. The maximum Gasteiger partial charge on any atom is 0.421 e. The van der Waals surface area contributed by atoms with Gasteiger partial charge in [-0.15, -0.1) is 0 Å². The lowest BCUT2D eigenvalue weighted by Gasteiger charge is -2.10. The summed E-state index contributed by atoms with van der Waals surface area (Å²) in [5.74, 6) is -0.551. The summed E-state index contributed by atoms with van der Waals surface area (Å²) < 4.78 is 42.5. The first-order valence-corrected chi connectivity index (χ1v) is 4.72. The van der Waals surface area contributed by atoms with Gasteiger partial charge >= 0.3 is 12.1 Å². The van der Waals surface area contributed by atoms with Crippen molar-refractivity contribution in [1.29, 1.82) is 0 Å². The Morgan fingerprint density at radius 3 is 2.65 bits per heavy atom. The van der Waals surface area contributed by atoms with Crippen molar-refractivity contribution in [2.75, 3.05) is 6.61 Å². The van der Waals surface area contributed by atoms with Crippen LogP contribution >= 0.6 is 0 Å². The van der Waals surface area contributed by atoms with Crippen molar-refractivity contribution in [1.82, 2.24) is 4.57 Å². The first-order valence-electron chi connectivity index (χ1n) is 4.72. The molecule has 0 aromatic carbocycles. The van der Waals surface area contributed by atoms with E-state index in [1.165, 1.54) is 13.1 Å². The Labute approximate surface area is 94.6 Å². The molecule has 0 radical (unpaired) electrons. The van der Waals surface area contributed by atoms with E-state index in [9.17, 15) is 22.8 Å². The molecule has 1 rings (SSSR count). The Morgan fingerprint density at radius 2 is 2.12 bits per heavy atom. The van der Waals surface area contributed by atoms with E-state index in [4.69, 9.17) is 0 Å². The zero-order chi connectivity index (χ0) is 13.1. The summed E-state index contributed by atoms with van der Waals surface area (Å²) in [6, 6.07) is 1.84. The van der Waals surface area contributed by atoms with Gasteiger partial charge in [0.15, 0.2) is 0 Å². The van der Waals surface area contributed by atoms with Crippen LogP contribution in [-0.4, -0.2) is 17.1 Å². The van der Waals surface area contributed by atoms with Gasteiger partial charge in [-0.25, -0.2) is 0 Å². The quantitative estimate of drug-likeness (QED) is 0.761. The Kier molecular flexibility index (Phi) is 3.93. The average molecular weight is 249 g/mol. The second-order valence-corrected chi connectivity index (χ2v) is 3.26. The van der Waals surface area contributed by atoms with E-state index < -0.39 is 23.3 Å². The van der Waals surface area contributed by atoms with Gasteiger partial charge in [0.2, 0.25) is 0 Å². The van der Waals surface area contributed by atoms with Gasteiger partial charge in [0, 0.05) is 13.1 Å². The first kappa shape index (κ1) is 13.3. The molecular weight excluding hydrogens is 239 g/mol. The highest BCUT2D eigenvalue weighted by atomic mass is 19.4. The molecule has 0 saturated carbocycles. The number of ether oxygens (including phenoxy) is 1. The molecular formula is C10H10F3NO3. The van der Waals surface area contributed by atoms with Gasteiger partial charge in [-0.3, -0.25) is 9.59 Å². The number of esters is 1. The largest absolute Gasteiger partial charge is 0.464 e. The summed E-state index contributed by atoms with van der Waals surface area (Å²) in [5, 5.41) is 0. The lowest BCUT2D eigenvalue weighted by molar-refractivity contribution is -0.142. The van der Waals surface area contributed by atoms with Crippen LogP contribution in [0.4, 0.5) is 13.2 Å². The predicted molar refractivity (Wildman–Crippen MR) is 52.3 cm³/mol. The molecule has 0 aliphatic heterocycles. The van der Waals surface area contributed by atoms with Crippen LogP contribution in [0.1, 0.15) is 12.5 Å². The minimum Gasteiger partial charge on any atom is -0.464 e. The van der Waals surface area contributed by atoms with E-state index in [-0.39, 0.29) is 13.2 Å². The summed E-state index contributed by atoms with van der Waals surface area (Å²) >= 11 is 0. The third-order valence-corrected chi connectivity index (χ3v) is 1.96. The maximum absolute atomic E-state index is 12.4. The molecule has 0 fully saturated rings. The average Bonchev–Trinajstić information content (AvgIpc) is 2.18. The smallest absolute Gasteiger partial charge is 0.421 e. The number of rotatable bonds is 3. The minimum atomic E-state index is -4.68. The second kappa shape index (κ2) is 5.03. The van der Waals surface area contributed by atoms with Crippen LogP contribution < -0.4 is 5.56 Å². The number of pyridine rings is 1. The zero-order valence-corrected chi connectivity index (χ0v) is 8.95. The number of halogens is 3. The summed E-state index contributed by atoms with van der Waals surface area (Å²) in [4.78, 5) is 21.8. The summed E-state index contributed by atoms with van der Waals surface area (Å²) in [6.07, 6.45) is -3.47. The van der Waals surface area contributed by atoms with E-state index in [0.29, 0.717) is 6.07 Å². The van der Waals surface area contributed by atoms with Crippen molar-refractivity contribution >= 4 is 5.97 Å².